The zero-order valence-electron chi connectivity index (χ0n) is 7.20. The van der Waals surface area contributed by atoms with E-state index in [1.54, 1.807) is 12.4 Å². The van der Waals surface area contributed by atoms with Crippen molar-refractivity contribution >= 4 is 0 Å². The number of nitrogens with zero attached hydrogens (tertiary/aromatic N) is 2. The Morgan fingerprint density at radius 1 is 1.58 bits per heavy atom. The predicted molar refractivity (Wildman–Crippen MR) is 48.5 cm³/mol. The maximum atomic E-state index is 3.91. The van der Waals surface area contributed by atoms with Gasteiger partial charge < -0.3 is 5.32 Å². The van der Waals surface area contributed by atoms with Crippen LogP contribution in [-0.2, 0) is 6.54 Å². The van der Waals surface area contributed by atoms with Gasteiger partial charge in [0.2, 0.25) is 0 Å². The summed E-state index contributed by atoms with van der Waals surface area (Å²) in [5.41, 5.74) is 1.09. The third-order valence-electron chi connectivity index (χ3n) is 1.60. The summed E-state index contributed by atoms with van der Waals surface area (Å²) in [5.74, 6) is 0. The summed E-state index contributed by atoms with van der Waals surface area (Å²) in [5, 5.41) is 3.25. The van der Waals surface area contributed by atoms with Gasteiger partial charge in [-0.15, -0.1) is 6.58 Å². The SMILES string of the molecule is C=CC(C)NCc1cncnc1. The molecule has 0 fully saturated rings. The zero-order valence-corrected chi connectivity index (χ0v) is 7.20. The largest absolute Gasteiger partial charge is 0.307 e. The van der Waals surface area contributed by atoms with Crippen molar-refractivity contribution in [2.24, 2.45) is 0 Å². The molecule has 0 saturated carbocycles. The standard InChI is InChI=1S/C9H13N3/c1-3-8(2)12-6-9-4-10-7-11-5-9/h3-5,7-8,12H,1,6H2,2H3. The van der Waals surface area contributed by atoms with Gasteiger partial charge in [0.25, 0.3) is 0 Å². The molecular weight excluding hydrogens is 150 g/mol. The zero-order chi connectivity index (χ0) is 8.81. The molecule has 1 N–H and O–H groups in total. The van der Waals surface area contributed by atoms with Crippen LogP contribution in [0.1, 0.15) is 12.5 Å². The highest BCUT2D eigenvalue weighted by atomic mass is 14.9. The van der Waals surface area contributed by atoms with Crippen LogP contribution in [0.4, 0.5) is 0 Å². The molecule has 1 aromatic rings. The maximum Gasteiger partial charge on any atom is 0.115 e. The fraction of sp³-hybridized carbons (Fsp3) is 0.333. The Balaban J connectivity index is 2.38. The average molecular weight is 163 g/mol. The molecule has 0 aliphatic heterocycles. The molecule has 1 atom stereocenters. The van der Waals surface area contributed by atoms with E-state index in [9.17, 15) is 0 Å². The first-order valence-electron chi connectivity index (χ1n) is 3.92. The summed E-state index contributed by atoms with van der Waals surface area (Å²) in [6, 6.07) is 0.324. The third kappa shape index (κ3) is 2.80. The van der Waals surface area contributed by atoms with Crippen LogP contribution in [0, 0.1) is 0 Å². The second kappa shape index (κ2) is 4.62. The van der Waals surface area contributed by atoms with Gasteiger partial charge in [0.05, 0.1) is 0 Å². The second-order valence-corrected chi connectivity index (χ2v) is 2.65. The van der Waals surface area contributed by atoms with E-state index in [4.69, 9.17) is 0 Å². The molecule has 0 amide bonds. The summed E-state index contributed by atoms with van der Waals surface area (Å²) in [4.78, 5) is 7.82. The molecule has 64 valence electrons. The summed E-state index contributed by atoms with van der Waals surface area (Å²) >= 11 is 0. The number of aromatic nitrogens is 2. The highest BCUT2D eigenvalue weighted by Crippen LogP contribution is 1.93. The van der Waals surface area contributed by atoms with Crippen LogP contribution < -0.4 is 5.32 Å². The molecule has 3 nitrogen and oxygen atoms in total. The Labute approximate surface area is 72.6 Å². The van der Waals surface area contributed by atoms with Crippen molar-refractivity contribution in [3.63, 3.8) is 0 Å². The van der Waals surface area contributed by atoms with E-state index in [2.05, 4.69) is 28.8 Å². The first kappa shape index (κ1) is 8.87. The monoisotopic (exact) mass is 163 g/mol. The summed E-state index contributed by atoms with van der Waals surface area (Å²) in [7, 11) is 0. The lowest BCUT2D eigenvalue weighted by molar-refractivity contribution is 0.631. The molecule has 1 unspecified atom stereocenters. The lowest BCUT2D eigenvalue weighted by atomic mass is 10.3. The lowest BCUT2D eigenvalue weighted by Gasteiger charge is -2.07. The summed E-state index contributed by atoms with van der Waals surface area (Å²) < 4.78 is 0. The predicted octanol–water partition coefficient (Wildman–Crippen LogP) is 1.14. The van der Waals surface area contributed by atoms with Crippen molar-refractivity contribution in [1.82, 2.24) is 15.3 Å². The van der Waals surface area contributed by atoms with E-state index >= 15 is 0 Å². The van der Waals surface area contributed by atoms with Gasteiger partial charge in [0, 0.05) is 30.5 Å². The maximum absolute atomic E-state index is 3.91. The van der Waals surface area contributed by atoms with Crippen LogP contribution in [-0.4, -0.2) is 16.0 Å². The number of hydrogen-bond acceptors (Lipinski definition) is 3. The van der Waals surface area contributed by atoms with Gasteiger partial charge in [-0.1, -0.05) is 6.08 Å². The molecule has 0 aliphatic rings. The van der Waals surface area contributed by atoms with Crippen molar-refractivity contribution in [3.05, 3.63) is 36.9 Å². The number of nitrogens with one attached hydrogen (secondary N) is 1. The first-order chi connectivity index (χ1) is 5.83. The molecule has 0 bridgehead atoms. The normalized spacial score (nSPS) is 12.4. The van der Waals surface area contributed by atoms with Crippen LogP contribution in [0.3, 0.4) is 0 Å². The van der Waals surface area contributed by atoms with Crippen LogP contribution in [0.25, 0.3) is 0 Å². The van der Waals surface area contributed by atoms with Crippen molar-refractivity contribution in [2.75, 3.05) is 0 Å². The van der Waals surface area contributed by atoms with Gasteiger partial charge in [-0.05, 0) is 6.92 Å². The van der Waals surface area contributed by atoms with E-state index in [0.29, 0.717) is 6.04 Å². The molecule has 0 radical (unpaired) electrons. The highest BCUT2D eigenvalue weighted by molar-refractivity contribution is 5.02. The Morgan fingerprint density at radius 3 is 2.83 bits per heavy atom. The number of hydrogen-bond donors (Lipinski definition) is 1. The van der Waals surface area contributed by atoms with Crippen LogP contribution in [0.15, 0.2) is 31.4 Å². The first-order valence-corrected chi connectivity index (χ1v) is 3.92. The van der Waals surface area contributed by atoms with Crippen molar-refractivity contribution in [1.29, 1.82) is 0 Å². The van der Waals surface area contributed by atoms with Crippen molar-refractivity contribution in [2.45, 2.75) is 19.5 Å². The Bertz CT molecular complexity index is 233. The van der Waals surface area contributed by atoms with E-state index in [0.717, 1.165) is 12.1 Å². The quantitative estimate of drug-likeness (QED) is 0.676. The molecule has 3 heteroatoms. The summed E-state index contributed by atoms with van der Waals surface area (Å²) in [6.07, 6.45) is 7.00. The fourth-order valence-corrected chi connectivity index (χ4v) is 0.783. The van der Waals surface area contributed by atoms with E-state index < -0.39 is 0 Å². The van der Waals surface area contributed by atoms with Crippen LogP contribution >= 0.6 is 0 Å². The van der Waals surface area contributed by atoms with Gasteiger partial charge in [0.15, 0.2) is 0 Å². The minimum Gasteiger partial charge on any atom is -0.307 e. The topological polar surface area (TPSA) is 37.8 Å². The molecule has 1 heterocycles. The molecular formula is C9H13N3. The minimum absolute atomic E-state index is 0.324. The molecule has 1 aromatic heterocycles. The average Bonchev–Trinajstić information content (AvgIpc) is 2.16. The van der Waals surface area contributed by atoms with Gasteiger partial charge >= 0.3 is 0 Å². The lowest BCUT2D eigenvalue weighted by Crippen LogP contribution is -2.22. The minimum atomic E-state index is 0.324. The van der Waals surface area contributed by atoms with Crippen LogP contribution in [0.5, 0.6) is 0 Å². The van der Waals surface area contributed by atoms with Gasteiger partial charge in [-0.25, -0.2) is 9.97 Å². The number of rotatable bonds is 4. The van der Waals surface area contributed by atoms with E-state index in [-0.39, 0.29) is 0 Å². The van der Waals surface area contributed by atoms with Crippen molar-refractivity contribution in [3.8, 4) is 0 Å². The Kier molecular flexibility index (Phi) is 3.41. The Morgan fingerprint density at radius 2 is 2.25 bits per heavy atom. The molecule has 0 saturated heterocycles. The molecule has 1 rings (SSSR count). The van der Waals surface area contributed by atoms with Crippen molar-refractivity contribution < 1.29 is 0 Å². The fourth-order valence-electron chi connectivity index (χ4n) is 0.783. The van der Waals surface area contributed by atoms with Gasteiger partial charge in [0.1, 0.15) is 6.33 Å². The molecule has 0 aromatic carbocycles. The van der Waals surface area contributed by atoms with E-state index in [1.807, 2.05) is 6.08 Å². The summed E-state index contributed by atoms with van der Waals surface area (Å²) in [6.45, 7) is 6.52. The van der Waals surface area contributed by atoms with Gasteiger partial charge in [-0.3, -0.25) is 0 Å². The van der Waals surface area contributed by atoms with Crippen LogP contribution in [0.2, 0.25) is 0 Å². The third-order valence-corrected chi connectivity index (χ3v) is 1.60. The molecule has 12 heavy (non-hydrogen) atoms. The highest BCUT2D eigenvalue weighted by Gasteiger charge is 1.95. The Hall–Kier alpha value is -1.22. The molecule has 0 aliphatic carbocycles. The van der Waals surface area contributed by atoms with E-state index in [1.165, 1.54) is 6.33 Å². The smallest absolute Gasteiger partial charge is 0.115 e. The molecule has 0 spiro atoms. The van der Waals surface area contributed by atoms with Gasteiger partial charge in [-0.2, -0.15) is 0 Å². The second-order valence-electron chi connectivity index (χ2n) is 2.65.